The fourth-order valence-electron chi connectivity index (χ4n) is 1.98. The molecule has 0 saturated carbocycles. The van der Waals surface area contributed by atoms with Gasteiger partial charge < -0.3 is 11.1 Å². The second-order valence-electron chi connectivity index (χ2n) is 4.26. The van der Waals surface area contributed by atoms with Gasteiger partial charge in [0.15, 0.2) is 11.6 Å². The van der Waals surface area contributed by atoms with Crippen molar-refractivity contribution in [1.29, 1.82) is 0 Å². The van der Waals surface area contributed by atoms with Crippen LogP contribution in [0.15, 0.2) is 41.0 Å². The first-order chi connectivity index (χ1) is 8.57. The third-order valence-electron chi connectivity index (χ3n) is 2.70. The van der Waals surface area contributed by atoms with Gasteiger partial charge in [-0.15, -0.1) is 11.3 Å². The van der Waals surface area contributed by atoms with E-state index in [0.29, 0.717) is 5.96 Å². The van der Waals surface area contributed by atoms with E-state index < -0.39 is 5.66 Å². The molecule has 0 fully saturated rings. The van der Waals surface area contributed by atoms with Gasteiger partial charge in [0.25, 0.3) is 0 Å². The lowest BCUT2D eigenvalue weighted by atomic mass is 10.1. The molecule has 2 aromatic rings. The molecule has 1 atom stereocenters. The van der Waals surface area contributed by atoms with Crippen LogP contribution in [0, 0.1) is 0 Å². The van der Waals surface area contributed by atoms with Gasteiger partial charge in [-0.25, -0.2) is 9.98 Å². The number of benzene rings is 1. The standard InChI is InChI=1S/C12H13N5S/c1-7-6-12(14,17-11(13)15-7)10-16-8-4-2-3-5-9(8)18-10/h2-6H,14H2,1H3,(H3,13,15,17). The molecule has 2 heterocycles. The largest absolute Gasteiger partial charge is 0.370 e. The van der Waals surface area contributed by atoms with E-state index in [2.05, 4.69) is 15.3 Å². The molecule has 1 unspecified atom stereocenters. The van der Waals surface area contributed by atoms with Crippen LogP contribution in [0.5, 0.6) is 0 Å². The van der Waals surface area contributed by atoms with Crippen molar-refractivity contribution in [2.75, 3.05) is 0 Å². The van der Waals surface area contributed by atoms with Crippen LogP contribution in [0.2, 0.25) is 0 Å². The molecule has 3 rings (SSSR count). The molecule has 0 saturated heterocycles. The molecule has 5 N–H and O–H groups in total. The Kier molecular flexibility index (Phi) is 2.36. The summed E-state index contributed by atoms with van der Waals surface area (Å²) >= 11 is 1.54. The molecular weight excluding hydrogens is 246 g/mol. The average Bonchev–Trinajstić information content (AvgIpc) is 2.71. The van der Waals surface area contributed by atoms with Crippen LogP contribution in [0.4, 0.5) is 0 Å². The van der Waals surface area contributed by atoms with Crippen molar-refractivity contribution in [3.05, 3.63) is 41.0 Å². The van der Waals surface area contributed by atoms with Crippen molar-refractivity contribution in [1.82, 2.24) is 10.3 Å². The van der Waals surface area contributed by atoms with Gasteiger partial charge in [-0.05, 0) is 25.1 Å². The van der Waals surface area contributed by atoms with Crippen LogP contribution in [0.1, 0.15) is 11.9 Å². The van der Waals surface area contributed by atoms with Gasteiger partial charge in [0, 0.05) is 5.70 Å². The fraction of sp³-hybridized carbons (Fsp3) is 0.167. The van der Waals surface area contributed by atoms with Crippen molar-refractivity contribution in [2.45, 2.75) is 12.6 Å². The summed E-state index contributed by atoms with van der Waals surface area (Å²) in [4.78, 5) is 8.80. The number of aliphatic imine (C=N–C) groups is 1. The first kappa shape index (κ1) is 11.2. The van der Waals surface area contributed by atoms with Gasteiger partial charge in [-0.2, -0.15) is 0 Å². The Morgan fingerprint density at radius 3 is 2.83 bits per heavy atom. The number of guanidine groups is 1. The van der Waals surface area contributed by atoms with Crippen LogP contribution in [0.3, 0.4) is 0 Å². The van der Waals surface area contributed by atoms with E-state index in [0.717, 1.165) is 20.9 Å². The van der Waals surface area contributed by atoms with Gasteiger partial charge >= 0.3 is 0 Å². The predicted octanol–water partition coefficient (Wildman–Crippen LogP) is 1.23. The highest BCUT2D eigenvalue weighted by atomic mass is 32.1. The number of allylic oxidation sites excluding steroid dienone is 1. The van der Waals surface area contributed by atoms with Crippen molar-refractivity contribution in [3.63, 3.8) is 0 Å². The number of fused-ring (bicyclic) bond motifs is 1. The van der Waals surface area contributed by atoms with Crippen LogP contribution < -0.4 is 16.8 Å². The monoisotopic (exact) mass is 259 g/mol. The molecule has 0 aliphatic carbocycles. The minimum absolute atomic E-state index is 0.316. The van der Waals surface area contributed by atoms with Gasteiger partial charge in [0.1, 0.15) is 5.01 Å². The molecule has 0 radical (unpaired) electrons. The smallest absolute Gasteiger partial charge is 0.195 e. The lowest BCUT2D eigenvalue weighted by Gasteiger charge is -2.25. The Hall–Kier alpha value is -1.92. The predicted molar refractivity (Wildman–Crippen MR) is 74.0 cm³/mol. The lowest BCUT2D eigenvalue weighted by molar-refractivity contribution is 0.570. The summed E-state index contributed by atoms with van der Waals surface area (Å²) < 4.78 is 1.09. The van der Waals surface area contributed by atoms with E-state index in [1.165, 1.54) is 11.3 Å². The van der Waals surface area contributed by atoms with Gasteiger partial charge in [0.2, 0.25) is 0 Å². The molecule has 18 heavy (non-hydrogen) atoms. The quantitative estimate of drug-likeness (QED) is 0.718. The highest BCUT2D eigenvalue weighted by Crippen LogP contribution is 2.32. The lowest BCUT2D eigenvalue weighted by Crippen LogP contribution is -2.44. The van der Waals surface area contributed by atoms with E-state index in [1.807, 2.05) is 37.3 Å². The number of rotatable bonds is 1. The Balaban J connectivity index is 2.16. The Morgan fingerprint density at radius 2 is 2.11 bits per heavy atom. The number of nitrogens with one attached hydrogen (secondary N) is 1. The number of hydrogen-bond donors (Lipinski definition) is 3. The fourth-order valence-corrected chi connectivity index (χ4v) is 2.97. The molecule has 5 nitrogen and oxygen atoms in total. The summed E-state index contributed by atoms with van der Waals surface area (Å²) in [5.41, 5.74) is 12.9. The summed E-state index contributed by atoms with van der Waals surface area (Å²) in [6, 6.07) is 7.92. The number of nitrogens with zero attached hydrogens (tertiary/aromatic N) is 2. The SMILES string of the molecule is CC1=CC(N)(c2nc3ccccc3s2)N=C(N)N1. The zero-order chi connectivity index (χ0) is 12.8. The summed E-state index contributed by atoms with van der Waals surface area (Å²) in [6.07, 6.45) is 1.83. The van der Waals surface area contributed by atoms with E-state index >= 15 is 0 Å². The highest BCUT2D eigenvalue weighted by Gasteiger charge is 2.31. The Bertz CT molecular complexity index is 619. The molecule has 6 heteroatoms. The van der Waals surface area contributed by atoms with Gasteiger partial charge in [-0.1, -0.05) is 12.1 Å². The number of para-hydroxylation sites is 1. The molecule has 1 aromatic heterocycles. The number of nitrogens with two attached hydrogens (primary N) is 2. The molecule has 0 amide bonds. The topological polar surface area (TPSA) is 89.3 Å². The minimum atomic E-state index is -0.969. The summed E-state index contributed by atoms with van der Waals surface area (Å²) in [6.45, 7) is 1.90. The van der Waals surface area contributed by atoms with Crippen LogP contribution in [-0.4, -0.2) is 10.9 Å². The maximum atomic E-state index is 6.29. The highest BCUT2D eigenvalue weighted by molar-refractivity contribution is 7.18. The minimum Gasteiger partial charge on any atom is -0.370 e. The normalized spacial score (nSPS) is 23.4. The first-order valence-corrected chi connectivity index (χ1v) is 6.35. The van der Waals surface area contributed by atoms with Gasteiger partial charge in [0.05, 0.1) is 10.2 Å². The zero-order valence-electron chi connectivity index (χ0n) is 9.84. The maximum absolute atomic E-state index is 6.29. The Labute approximate surface area is 108 Å². The maximum Gasteiger partial charge on any atom is 0.195 e. The van der Waals surface area contributed by atoms with E-state index in [9.17, 15) is 0 Å². The molecule has 1 aliphatic heterocycles. The molecule has 1 aromatic carbocycles. The molecule has 0 bridgehead atoms. The van der Waals surface area contributed by atoms with Crippen LogP contribution in [-0.2, 0) is 5.66 Å². The molecule has 1 aliphatic rings. The van der Waals surface area contributed by atoms with Crippen LogP contribution >= 0.6 is 11.3 Å². The number of aromatic nitrogens is 1. The molecular formula is C12H13N5S. The van der Waals surface area contributed by atoms with E-state index in [-0.39, 0.29) is 0 Å². The third kappa shape index (κ3) is 1.75. The van der Waals surface area contributed by atoms with Crippen molar-refractivity contribution >= 4 is 27.5 Å². The first-order valence-electron chi connectivity index (χ1n) is 5.53. The molecule has 0 spiro atoms. The van der Waals surface area contributed by atoms with Crippen molar-refractivity contribution in [3.8, 4) is 0 Å². The van der Waals surface area contributed by atoms with E-state index in [1.54, 1.807) is 0 Å². The van der Waals surface area contributed by atoms with Gasteiger partial charge in [-0.3, -0.25) is 5.73 Å². The summed E-state index contributed by atoms with van der Waals surface area (Å²) in [5, 5.41) is 3.67. The summed E-state index contributed by atoms with van der Waals surface area (Å²) in [5.74, 6) is 0.316. The average molecular weight is 259 g/mol. The van der Waals surface area contributed by atoms with Crippen molar-refractivity contribution in [2.24, 2.45) is 16.5 Å². The van der Waals surface area contributed by atoms with Crippen molar-refractivity contribution < 1.29 is 0 Å². The summed E-state index contributed by atoms with van der Waals surface area (Å²) in [7, 11) is 0. The van der Waals surface area contributed by atoms with Crippen LogP contribution in [0.25, 0.3) is 10.2 Å². The zero-order valence-corrected chi connectivity index (χ0v) is 10.7. The Morgan fingerprint density at radius 1 is 1.33 bits per heavy atom. The second kappa shape index (κ2) is 3.79. The third-order valence-corrected chi connectivity index (χ3v) is 3.88. The number of thiazole rings is 1. The molecule has 92 valence electrons. The second-order valence-corrected chi connectivity index (χ2v) is 5.29. The number of hydrogen-bond acceptors (Lipinski definition) is 6. The van der Waals surface area contributed by atoms with E-state index in [4.69, 9.17) is 11.5 Å².